The molecule has 0 aliphatic heterocycles. The van der Waals surface area contributed by atoms with Crippen LogP contribution in [0.4, 0.5) is 10.5 Å². The van der Waals surface area contributed by atoms with Crippen LogP contribution in [0.5, 0.6) is 0 Å². The molecule has 9 heteroatoms. The Morgan fingerprint density at radius 3 is 2.15 bits per heavy atom. The summed E-state index contributed by atoms with van der Waals surface area (Å²) < 4.78 is 17.0. The number of nitrogens with one attached hydrogen (secondary N) is 2. The van der Waals surface area contributed by atoms with E-state index in [1.54, 1.807) is 30.5 Å². The quantitative estimate of drug-likeness (QED) is 0.138. The number of carbonyl (C=O) groups excluding carboxylic acids is 2. The highest BCUT2D eigenvalue weighted by Gasteiger charge is 2.14. The minimum absolute atomic E-state index is 0.166. The summed E-state index contributed by atoms with van der Waals surface area (Å²) >= 11 is 3.48. The number of benzene rings is 1. The van der Waals surface area contributed by atoms with E-state index in [4.69, 9.17) is 14.2 Å². The number of pyridine rings is 1. The first-order valence-corrected chi connectivity index (χ1v) is 15.4. The normalized spacial score (nSPS) is 11.7. The van der Waals surface area contributed by atoms with Gasteiger partial charge in [-0.1, -0.05) is 76.8 Å². The van der Waals surface area contributed by atoms with Crippen molar-refractivity contribution in [2.24, 2.45) is 0 Å². The first-order valence-electron chi connectivity index (χ1n) is 14.6. The van der Waals surface area contributed by atoms with E-state index in [1.807, 2.05) is 19.1 Å². The van der Waals surface area contributed by atoms with Gasteiger partial charge < -0.3 is 24.8 Å². The van der Waals surface area contributed by atoms with Crippen molar-refractivity contribution in [1.82, 2.24) is 10.3 Å². The number of halogens is 1. The number of ether oxygens (including phenoxy) is 3. The first-order chi connectivity index (χ1) is 19.5. The Hall–Kier alpha value is -2.49. The zero-order chi connectivity index (χ0) is 28.8. The fourth-order valence-corrected chi connectivity index (χ4v) is 4.59. The molecule has 8 nitrogen and oxygen atoms in total. The summed E-state index contributed by atoms with van der Waals surface area (Å²) in [4.78, 5) is 28.5. The summed E-state index contributed by atoms with van der Waals surface area (Å²) in [6.07, 6.45) is 14.2. The van der Waals surface area contributed by atoms with E-state index >= 15 is 0 Å². The van der Waals surface area contributed by atoms with Crippen LogP contribution in [0.15, 0.2) is 47.1 Å². The SMILES string of the molecule is CCCCCCCCCCCCOCCOCCOC(=O)NC(C)c1ccc(NC(=O)c2ccccn2)c(Br)c1. The van der Waals surface area contributed by atoms with Crippen LogP contribution in [-0.4, -0.2) is 50.0 Å². The van der Waals surface area contributed by atoms with Crippen LogP contribution in [0, 0.1) is 0 Å². The molecule has 2 amide bonds. The molecule has 0 bridgehead atoms. The lowest BCUT2D eigenvalue weighted by molar-refractivity contribution is 0.0269. The summed E-state index contributed by atoms with van der Waals surface area (Å²) in [6, 6.07) is 10.3. The number of anilines is 1. The lowest BCUT2D eigenvalue weighted by Gasteiger charge is -2.16. The average Bonchev–Trinajstić information content (AvgIpc) is 2.96. The summed E-state index contributed by atoms with van der Waals surface area (Å²) in [5.74, 6) is -0.299. The van der Waals surface area contributed by atoms with Crippen molar-refractivity contribution in [3.05, 3.63) is 58.3 Å². The Balaban J connectivity index is 1.48. The summed E-state index contributed by atoms with van der Waals surface area (Å²) in [7, 11) is 0. The summed E-state index contributed by atoms with van der Waals surface area (Å²) in [6.45, 7) is 6.40. The van der Waals surface area contributed by atoms with Crippen LogP contribution in [0.1, 0.15) is 100 Å². The highest BCUT2D eigenvalue weighted by atomic mass is 79.9. The van der Waals surface area contributed by atoms with Crippen LogP contribution in [0.2, 0.25) is 0 Å². The van der Waals surface area contributed by atoms with Gasteiger partial charge >= 0.3 is 6.09 Å². The van der Waals surface area contributed by atoms with Crippen molar-refractivity contribution < 1.29 is 23.8 Å². The third kappa shape index (κ3) is 14.8. The van der Waals surface area contributed by atoms with Gasteiger partial charge in [0.05, 0.1) is 31.5 Å². The largest absolute Gasteiger partial charge is 0.447 e. The Labute approximate surface area is 248 Å². The zero-order valence-corrected chi connectivity index (χ0v) is 25.7. The van der Waals surface area contributed by atoms with Crippen molar-refractivity contribution in [2.45, 2.75) is 84.1 Å². The number of nitrogens with zero attached hydrogens (tertiary/aromatic N) is 1. The molecule has 1 atom stereocenters. The number of hydrogen-bond acceptors (Lipinski definition) is 6. The second-order valence-electron chi connectivity index (χ2n) is 9.82. The number of alkyl carbamates (subject to hydrolysis) is 1. The van der Waals surface area contributed by atoms with Gasteiger partial charge in [-0.3, -0.25) is 9.78 Å². The van der Waals surface area contributed by atoms with Gasteiger partial charge in [0, 0.05) is 17.3 Å². The topological polar surface area (TPSA) is 98.8 Å². The summed E-state index contributed by atoms with van der Waals surface area (Å²) in [5.41, 5.74) is 1.80. The third-order valence-corrected chi connectivity index (χ3v) is 7.10. The minimum Gasteiger partial charge on any atom is -0.447 e. The van der Waals surface area contributed by atoms with Crippen LogP contribution >= 0.6 is 15.9 Å². The average molecular weight is 621 g/mol. The lowest BCUT2D eigenvalue weighted by Crippen LogP contribution is -2.28. The van der Waals surface area contributed by atoms with Gasteiger partial charge in [0.1, 0.15) is 12.3 Å². The molecule has 0 radical (unpaired) electrons. The van der Waals surface area contributed by atoms with E-state index < -0.39 is 6.09 Å². The molecular formula is C31H46BrN3O5. The predicted molar refractivity (Wildman–Crippen MR) is 163 cm³/mol. The van der Waals surface area contributed by atoms with E-state index in [-0.39, 0.29) is 18.6 Å². The van der Waals surface area contributed by atoms with Crippen LogP contribution < -0.4 is 10.6 Å². The molecular weight excluding hydrogens is 574 g/mol. The van der Waals surface area contributed by atoms with Gasteiger partial charge in [0.15, 0.2) is 0 Å². The van der Waals surface area contributed by atoms with E-state index in [0.29, 0.717) is 35.7 Å². The zero-order valence-electron chi connectivity index (χ0n) is 24.1. The number of hydrogen-bond donors (Lipinski definition) is 2. The molecule has 1 unspecified atom stereocenters. The number of amides is 2. The van der Waals surface area contributed by atoms with E-state index in [2.05, 4.69) is 38.5 Å². The number of carbonyl (C=O) groups is 2. The Morgan fingerprint density at radius 2 is 1.50 bits per heavy atom. The Bertz CT molecular complexity index is 977. The van der Waals surface area contributed by atoms with Gasteiger partial charge in [-0.2, -0.15) is 0 Å². The standard InChI is InChI=1S/C31H46BrN3O5/c1-3-4-5-6-7-8-9-10-11-14-19-38-20-21-39-22-23-40-31(37)34-25(2)26-16-17-28(27(32)24-26)35-30(36)29-15-12-13-18-33-29/h12-13,15-18,24-25H,3-11,14,19-23H2,1-2H3,(H,34,37)(H,35,36). The van der Waals surface area contributed by atoms with Crippen molar-refractivity contribution >= 4 is 33.6 Å². The highest BCUT2D eigenvalue weighted by molar-refractivity contribution is 9.10. The Kier molecular flexibility index (Phi) is 17.9. The van der Waals surface area contributed by atoms with E-state index in [0.717, 1.165) is 18.6 Å². The molecule has 2 N–H and O–H groups in total. The summed E-state index contributed by atoms with van der Waals surface area (Å²) in [5, 5.41) is 5.63. The maximum Gasteiger partial charge on any atom is 0.407 e. The predicted octanol–water partition coefficient (Wildman–Crippen LogP) is 7.84. The van der Waals surface area contributed by atoms with Crippen LogP contribution in [0.3, 0.4) is 0 Å². The van der Waals surface area contributed by atoms with Crippen molar-refractivity contribution in [1.29, 1.82) is 0 Å². The van der Waals surface area contributed by atoms with Gasteiger partial charge in [-0.25, -0.2) is 4.79 Å². The molecule has 0 aliphatic rings. The third-order valence-electron chi connectivity index (χ3n) is 6.45. The van der Waals surface area contributed by atoms with Gasteiger partial charge in [0.25, 0.3) is 5.91 Å². The molecule has 0 saturated carbocycles. The molecule has 1 aromatic carbocycles. The highest BCUT2D eigenvalue weighted by Crippen LogP contribution is 2.27. The van der Waals surface area contributed by atoms with Crippen molar-refractivity contribution in [3.63, 3.8) is 0 Å². The van der Waals surface area contributed by atoms with Crippen LogP contribution in [-0.2, 0) is 14.2 Å². The fraction of sp³-hybridized carbons (Fsp3) is 0.581. The minimum atomic E-state index is -0.517. The first kappa shape index (κ1) is 33.7. The van der Waals surface area contributed by atoms with Crippen LogP contribution in [0.25, 0.3) is 0 Å². The monoisotopic (exact) mass is 619 g/mol. The molecule has 1 heterocycles. The van der Waals surface area contributed by atoms with Gasteiger partial charge in [0.2, 0.25) is 0 Å². The maximum absolute atomic E-state index is 12.3. The fourth-order valence-electron chi connectivity index (χ4n) is 4.09. The lowest BCUT2D eigenvalue weighted by atomic mass is 10.1. The van der Waals surface area contributed by atoms with Gasteiger partial charge in [-0.15, -0.1) is 0 Å². The van der Waals surface area contributed by atoms with Gasteiger partial charge in [-0.05, 0) is 59.1 Å². The number of aromatic nitrogens is 1. The molecule has 0 spiro atoms. The number of unbranched alkanes of at least 4 members (excludes halogenated alkanes) is 9. The molecule has 40 heavy (non-hydrogen) atoms. The molecule has 1 aromatic heterocycles. The molecule has 0 fully saturated rings. The smallest absolute Gasteiger partial charge is 0.407 e. The maximum atomic E-state index is 12.3. The second kappa shape index (κ2) is 21.3. The van der Waals surface area contributed by atoms with E-state index in [9.17, 15) is 9.59 Å². The molecule has 0 aliphatic carbocycles. The molecule has 2 rings (SSSR count). The van der Waals surface area contributed by atoms with E-state index in [1.165, 1.54) is 57.8 Å². The van der Waals surface area contributed by atoms with Crippen molar-refractivity contribution in [2.75, 3.05) is 38.4 Å². The molecule has 0 saturated heterocycles. The second-order valence-corrected chi connectivity index (χ2v) is 10.7. The molecule has 2 aromatic rings. The Morgan fingerprint density at radius 1 is 0.850 bits per heavy atom. The van der Waals surface area contributed by atoms with Crippen molar-refractivity contribution in [3.8, 4) is 0 Å². The molecule has 222 valence electrons. The number of rotatable bonds is 21.